The van der Waals surface area contributed by atoms with Crippen LogP contribution in [0.3, 0.4) is 0 Å². The molecular weight excluding hydrogens is 222 g/mol. The van der Waals surface area contributed by atoms with Crippen molar-refractivity contribution in [2.45, 2.75) is 13.5 Å². The maximum atomic E-state index is 10.8. The van der Waals surface area contributed by atoms with E-state index in [-0.39, 0.29) is 11.6 Å². The van der Waals surface area contributed by atoms with Crippen molar-refractivity contribution in [3.8, 4) is 0 Å². The second kappa shape index (κ2) is 4.65. The summed E-state index contributed by atoms with van der Waals surface area (Å²) in [5.41, 5.74) is 0.568. The Morgan fingerprint density at radius 1 is 1.53 bits per heavy atom. The van der Waals surface area contributed by atoms with Gasteiger partial charge in [0.05, 0.1) is 12.8 Å². The maximum absolute atomic E-state index is 10.8. The van der Waals surface area contributed by atoms with Crippen LogP contribution in [0.25, 0.3) is 0 Å². The number of carboxylic acid groups (broad SMARTS) is 1. The van der Waals surface area contributed by atoms with Gasteiger partial charge in [0, 0.05) is 5.69 Å². The molecule has 88 valence electrons. The van der Waals surface area contributed by atoms with E-state index in [1.165, 1.54) is 6.07 Å². The number of furan rings is 1. The highest BCUT2D eigenvalue weighted by Crippen LogP contribution is 2.07. The molecule has 17 heavy (non-hydrogen) atoms. The zero-order valence-corrected chi connectivity index (χ0v) is 9.17. The number of aryl methyl sites for hydroxylation is 1. The summed E-state index contributed by atoms with van der Waals surface area (Å²) in [6.07, 6.45) is 1.57. The molecule has 6 heteroatoms. The average Bonchev–Trinajstić information content (AvgIpc) is 2.78. The van der Waals surface area contributed by atoms with Crippen LogP contribution in [0.5, 0.6) is 0 Å². The molecule has 2 N–H and O–H groups in total. The third-order valence-corrected chi connectivity index (χ3v) is 2.07. The number of carbonyl (C=O) groups is 1. The maximum Gasteiger partial charge on any atom is 0.354 e. The molecule has 0 aromatic carbocycles. The van der Waals surface area contributed by atoms with Crippen LogP contribution in [-0.2, 0) is 6.54 Å². The fraction of sp³-hybridized carbons (Fsp3) is 0.182. The Labute approximate surface area is 97.3 Å². The lowest BCUT2D eigenvalue weighted by atomic mass is 10.3. The fourth-order valence-corrected chi connectivity index (χ4v) is 1.34. The van der Waals surface area contributed by atoms with E-state index in [4.69, 9.17) is 9.52 Å². The number of hydrogen-bond donors (Lipinski definition) is 2. The van der Waals surface area contributed by atoms with Crippen LogP contribution < -0.4 is 5.32 Å². The minimum absolute atomic E-state index is 0.0283. The second-order valence-electron chi connectivity index (χ2n) is 3.46. The monoisotopic (exact) mass is 233 g/mol. The molecule has 6 nitrogen and oxygen atoms in total. The van der Waals surface area contributed by atoms with E-state index in [0.29, 0.717) is 12.2 Å². The molecular formula is C11H11N3O3. The van der Waals surface area contributed by atoms with Gasteiger partial charge in [0.25, 0.3) is 0 Å². The van der Waals surface area contributed by atoms with Crippen LogP contribution in [-0.4, -0.2) is 21.0 Å². The van der Waals surface area contributed by atoms with Gasteiger partial charge in [-0.3, -0.25) is 0 Å². The number of aromatic nitrogens is 2. The van der Waals surface area contributed by atoms with Crippen molar-refractivity contribution in [1.29, 1.82) is 0 Å². The molecule has 0 aliphatic rings. The first-order valence-electron chi connectivity index (χ1n) is 5.00. The second-order valence-corrected chi connectivity index (χ2v) is 3.46. The predicted octanol–water partition coefficient (Wildman–Crippen LogP) is 1.69. The summed E-state index contributed by atoms with van der Waals surface area (Å²) in [5.74, 6) is -0.0673. The van der Waals surface area contributed by atoms with Gasteiger partial charge in [-0.05, 0) is 25.1 Å². The summed E-state index contributed by atoms with van der Waals surface area (Å²) in [6.45, 7) is 2.13. The quantitative estimate of drug-likeness (QED) is 0.835. The van der Waals surface area contributed by atoms with E-state index < -0.39 is 5.97 Å². The lowest BCUT2D eigenvalue weighted by Gasteiger charge is -2.04. The average molecular weight is 233 g/mol. The van der Waals surface area contributed by atoms with Gasteiger partial charge in [-0.15, -0.1) is 0 Å². The zero-order valence-electron chi connectivity index (χ0n) is 9.17. The first-order valence-corrected chi connectivity index (χ1v) is 5.00. The molecule has 2 aromatic rings. The Morgan fingerprint density at radius 3 is 3.00 bits per heavy atom. The molecule has 0 unspecified atom stereocenters. The minimum atomic E-state index is -1.07. The number of nitrogens with zero attached hydrogens (tertiary/aromatic N) is 2. The lowest BCUT2D eigenvalue weighted by Crippen LogP contribution is -2.08. The van der Waals surface area contributed by atoms with Gasteiger partial charge in [0.15, 0.2) is 5.69 Å². The van der Waals surface area contributed by atoms with Crippen LogP contribution >= 0.6 is 0 Å². The highest BCUT2D eigenvalue weighted by molar-refractivity contribution is 5.85. The lowest BCUT2D eigenvalue weighted by molar-refractivity contribution is 0.0690. The highest BCUT2D eigenvalue weighted by atomic mass is 16.4. The molecule has 0 saturated carbocycles. The van der Waals surface area contributed by atoms with E-state index >= 15 is 0 Å². The standard InChI is InChI=1S/C11H11N3O3/c1-7-5-9(10(15)16)14-11(13-7)12-6-8-3-2-4-17-8/h2-5H,6H2,1H3,(H,15,16)(H,12,13,14). The number of aromatic carboxylic acids is 1. The molecule has 0 amide bonds. The Balaban J connectivity index is 2.13. The molecule has 0 aliphatic heterocycles. The number of carboxylic acids is 1. The molecule has 0 radical (unpaired) electrons. The molecule has 0 fully saturated rings. The first-order chi connectivity index (χ1) is 8.15. The minimum Gasteiger partial charge on any atom is -0.477 e. The summed E-state index contributed by atoms with van der Waals surface area (Å²) in [6, 6.07) is 5.00. The van der Waals surface area contributed by atoms with Crippen LogP contribution in [0.1, 0.15) is 21.9 Å². The normalized spacial score (nSPS) is 10.2. The van der Waals surface area contributed by atoms with Crippen molar-refractivity contribution in [3.05, 3.63) is 41.6 Å². The van der Waals surface area contributed by atoms with Crippen molar-refractivity contribution in [2.24, 2.45) is 0 Å². The Bertz CT molecular complexity index is 523. The van der Waals surface area contributed by atoms with Crippen molar-refractivity contribution >= 4 is 11.9 Å². The summed E-state index contributed by atoms with van der Waals surface area (Å²) in [7, 11) is 0. The van der Waals surface area contributed by atoms with Gasteiger partial charge < -0.3 is 14.8 Å². The third-order valence-electron chi connectivity index (χ3n) is 2.07. The third kappa shape index (κ3) is 2.81. The van der Waals surface area contributed by atoms with Crippen LogP contribution in [0.4, 0.5) is 5.95 Å². The van der Waals surface area contributed by atoms with E-state index in [2.05, 4.69) is 15.3 Å². The Morgan fingerprint density at radius 2 is 2.35 bits per heavy atom. The van der Waals surface area contributed by atoms with E-state index in [1.54, 1.807) is 25.3 Å². The summed E-state index contributed by atoms with van der Waals surface area (Å²) in [5, 5.41) is 11.8. The largest absolute Gasteiger partial charge is 0.477 e. The predicted molar refractivity (Wildman–Crippen MR) is 59.8 cm³/mol. The van der Waals surface area contributed by atoms with Gasteiger partial charge in [0.1, 0.15) is 5.76 Å². The van der Waals surface area contributed by atoms with Crippen molar-refractivity contribution in [1.82, 2.24) is 9.97 Å². The smallest absolute Gasteiger partial charge is 0.354 e. The Hall–Kier alpha value is -2.37. The van der Waals surface area contributed by atoms with E-state index in [9.17, 15) is 4.79 Å². The number of hydrogen-bond acceptors (Lipinski definition) is 5. The number of rotatable bonds is 4. The van der Waals surface area contributed by atoms with E-state index in [0.717, 1.165) is 5.76 Å². The first kappa shape index (κ1) is 11.1. The van der Waals surface area contributed by atoms with Crippen molar-refractivity contribution < 1.29 is 14.3 Å². The Kier molecular flexibility index (Phi) is 3.04. The van der Waals surface area contributed by atoms with Crippen LogP contribution in [0.15, 0.2) is 28.9 Å². The van der Waals surface area contributed by atoms with Gasteiger partial charge in [-0.25, -0.2) is 14.8 Å². The molecule has 2 aromatic heterocycles. The highest BCUT2D eigenvalue weighted by Gasteiger charge is 2.08. The van der Waals surface area contributed by atoms with Gasteiger partial charge in [0.2, 0.25) is 5.95 Å². The molecule has 0 atom stereocenters. The molecule has 0 spiro atoms. The summed E-state index contributed by atoms with van der Waals surface area (Å²) < 4.78 is 5.13. The SMILES string of the molecule is Cc1cc(C(=O)O)nc(NCc2ccco2)n1. The van der Waals surface area contributed by atoms with Gasteiger partial charge >= 0.3 is 5.97 Å². The molecule has 2 rings (SSSR count). The molecule has 0 saturated heterocycles. The van der Waals surface area contributed by atoms with Crippen molar-refractivity contribution in [3.63, 3.8) is 0 Å². The molecule has 0 bridgehead atoms. The zero-order chi connectivity index (χ0) is 12.3. The van der Waals surface area contributed by atoms with Crippen LogP contribution in [0.2, 0.25) is 0 Å². The summed E-state index contributed by atoms with van der Waals surface area (Å²) >= 11 is 0. The molecule has 0 aliphatic carbocycles. The topological polar surface area (TPSA) is 88.2 Å². The number of nitrogens with one attached hydrogen (secondary N) is 1. The van der Waals surface area contributed by atoms with Gasteiger partial charge in [-0.1, -0.05) is 0 Å². The van der Waals surface area contributed by atoms with Crippen molar-refractivity contribution in [2.75, 3.05) is 5.32 Å². The molecule has 2 heterocycles. The summed E-state index contributed by atoms with van der Waals surface area (Å²) in [4.78, 5) is 18.8. The van der Waals surface area contributed by atoms with E-state index in [1.807, 2.05) is 0 Å². The number of anilines is 1. The van der Waals surface area contributed by atoms with Crippen LogP contribution in [0, 0.1) is 6.92 Å². The van der Waals surface area contributed by atoms with Gasteiger partial charge in [-0.2, -0.15) is 0 Å². The fourth-order valence-electron chi connectivity index (χ4n) is 1.34.